The SMILES string of the molecule is Cc1cc(CN2CCN(C(=O)COc3ccc(Cl)cc3CCCS(=O)(=O)O)CC2)c(C)cc1Cl. The summed E-state index contributed by atoms with van der Waals surface area (Å²) in [4.78, 5) is 16.8. The van der Waals surface area contributed by atoms with Gasteiger partial charge in [-0.3, -0.25) is 14.2 Å². The van der Waals surface area contributed by atoms with Crippen molar-refractivity contribution in [2.75, 3.05) is 38.5 Å². The summed E-state index contributed by atoms with van der Waals surface area (Å²) < 4.78 is 36.6. The summed E-state index contributed by atoms with van der Waals surface area (Å²) in [5, 5.41) is 1.27. The standard InChI is InChI=1S/C24H30Cl2N2O5S/c1-17-13-22(26)18(2)12-20(17)15-27-7-9-28(10-8-27)24(29)16-33-23-6-5-21(25)14-19(23)4-3-11-34(30,31)32/h5-6,12-14H,3-4,7-11,15-16H2,1-2H3,(H,30,31,32). The van der Waals surface area contributed by atoms with E-state index in [0.717, 1.165) is 35.8 Å². The summed E-state index contributed by atoms with van der Waals surface area (Å²) in [7, 11) is -4.03. The van der Waals surface area contributed by atoms with E-state index in [9.17, 15) is 13.2 Å². The van der Waals surface area contributed by atoms with E-state index in [1.54, 1.807) is 23.1 Å². The van der Waals surface area contributed by atoms with Gasteiger partial charge in [0.15, 0.2) is 6.61 Å². The van der Waals surface area contributed by atoms with Crippen molar-refractivity contribution >= 4 is 39.2 Å². The number of halogens is 2. The minimum absolute atomic E-state index is 0.1000. The van der Waals surface area contributed by atoms with Gasteiger partial charge in [0.25, 0.3) is 16.0 Å². The van der Waals surface area contributed by atoms with Gasteiger partial charge in [-0.25, -0.2) is 0 Å². The number of carbonyl (C=O) groups is 1. The molecule has 1 amide bonds. The Morgan fingerprint density at radius 1 is 1.03 bits per heavy atom. The Hall–Kier alpha value is -1.84. The van der Waals surface area contributed by atoms with Gasteiger partial charge in [-0.05, 0) is 73.2 Å². The van der Waals surface area contributed by atoms with Crippen molar-refractivity contribution in [2.45, 2.75) is 33.2 Å². The van der Waals surface area contributed by atoms with Crippen LogP contribution in [0.3, 0.4) is 0 Å². The topological polar surface area (TPSA) is 87.2 Å². The van der Waals surface area contributed by atoms with E-state index in [4.69, 9.17) is 32.5 Å². The Labute approximate surface area is 211 Å². The highest BCUT2D eigenvalue weighted by atomic mass is 35.5. The summed E-state index contributed by atoms with van der Waals surface area (Å²) >= 11 is 12.3. The maximum atomic E-state index is 12.7. The third-order valence-corrected chi connectivity index (χ3v) is 7.41. The van der Waals surface area contributed by atoms with Crippen molar-refractivity contribution in [2.24, 2.45) is 0 Å². The quantitative estimate of drug-likeness (QED) is 0.491. The lowest BCUT2D eigenvalue weighted by molar-refractivity contribution is -0.135. The first-order valence-corrected chi connectivity index (χ1v) is 13.5. The van der Waals surface area contributed by atoms with Gasteiger partial charge in [0.05, 0.1) is 5.75 Å². The average molecular weight is 529 g/mol. The third-order valence-electron chi connectivity index (χ3n) is 5.96. The summed E-state index contributed by atoms with van der Waals surface area (Å²) in [5.41, 5.74) is 4.17. The van der Waals surface area contributed by atoms with Crippen molar-refractivity contribution in [1.29, 1.82) is 0 Å². The average Bonchev–Trinajstić information content (AvgIpc) is 2.76. The number of ether oxygens (including phenoxy) is 1. The van der Waals surface area contributed by atoms with E-state index < -0.39 is 10.1 Å². The van der Waals surface area contributed by atoms with Crippen LogP contribution >= 0.6 is 23.2 Å². The van der Waals surface area contributed by atoms with Crippen LogP contribution in [-0.2, 0) is 27.9 Å². The molecule has 10 heteroatoms. The molecule has 0 saturated carbocycles. The maximum Gasteiger partial charge on any atom is 0.264 e. The number of hydrogen-bond donors (Lipinski definition) is 1. The van der Waals surface area contributed by atoms with Crippen LogP contribution in [0.15, 0.2) is 30.3 Å². The van der Waals surface area contributed by atoms with Gasteiger partial charge in [-0.15, -0.1) is 0 Å². The number of aryl methyl sites for hydroxylation is 3. The van der Waals surface area contributed by atoms with Crippen molar-refractivity contribution in [1.82, 2.24) is 9.80 Å². The monoisotopic (exact) mass is 528 g/mol. The fourth-order valence-electron chi connectivity index (χ4n) is 3.97. The normalized spacial score (nSPS) is 14.9. The van der Waals surface area contributed by atoms with Crippen LogP contribution in [-0.4, -0.2) is 67.2 Å². The molecule has 1 aliphatic rings. The minimum Gasteiger partial charge on any atom is -0.483 e. The van der Waals surface area contributed by atoms with Crippen LogP contribution in [0.5, 0.6) is 5.75 Å². The lowest BCUT2D eigenvalue weighted by Crippen LogP contribution is -2.49. The van der Waals surface area contributed by atoms with Crippen LogP contribution in [0, 0.1) is 13.8 Å². The summed E-state index contributed by atoms with van der Waals surface area (Å²) in [6.07, 6.45) is 0.574. The molecule has 0 unspecified atom stereocenters. The van der Waals surface area contributed by atoms with Gasteiger partial charge in [0.1, 0.15) is 5.75 Å². The van der Waals surface area contributed by atoms with Crippen molar-refractivity contribution < 1.29 is 22.5 Å². The van der Waals surface area contributed by atoms with E-state index in [1.165, 1.54) is 5.56 Å². The van der Waals surface area contributed by atoms with Gasteiger partial charge >= 0.3 is 0 Å². The first-order valence-electron chi connectivity index (χ1n) is 11.1. The number of benzene rings is 2. The predicted octanol–water partition coefficient (Wildman–Crippen LogP) is 4.15. The second-order valence-electron chi connectivity index (χ2n) is 8.62. The molecule has 0 radical (unpaired) electrons. The number of carbonyl (C=O) groups excluding carboxylic acids is 1. The zero-order valence-electron chi connectivity index (χ0n) is 19.4. The fraction of sp³-hybridized carbons (Fsp3) is 0.458. The van der Waals surface area contributed by atoms with Gasteiger partial charge in [-0.1, -0.05) is 29.3 Å². The van der Waals surface area contributed by atoms with Gasteiger partial charge in [0.2, 0.25) is 0 Å². The number of piperazine rings is 1. The Balaban J connectivity index is 1.50. The largest absolute Gasteiger partial charge is 0.483 e. The van der Waals surface area contributed by atoms with Crippen LogP contribution in [0.4, 0.5) is 0 Å². The molecule has 0 aromatic heterocycles. The van der Waals surface area contributed by atoms with Crippen LogP contribution in [0.1, 0.15) is 28.7 Å². The molecule has 1 saturated heterocycles. The lowest BCUT2D eigenvalue weighted by atomic mass is 10.0. The van der Waals surface area contributed by atoms with Crippen LogP contribution in [0.25, 0.3) is 0 Å². The third kappa shape index (κ3) is 7.85. The smallest absolute Gasteiger partial charge is 0.264 e. The summed E-state index contributed by atoms with van der Waals surface area (Å²) in [6.45, 7) is 7.56. The Morgan fingerprint density at radius 2 is 1.74 bits per heavy atom. The molecule has 2 aromatic rings. The van der Waals surface area contributed by atoms with Crippen LogP contribution < -0.4 is 4.74 Å². The molecule has 1 fully saturated rings. The Bertz CT molecular complexity index is 1130. The molecule has 0 aliphatic carbocycles. The van der Waals surface area contributed by atoms with Gasteiger partial charge in [-0.2, -0.15) is 8.42 Å². The molecule has 3 rings (SSSR count). The summed E-state index contributed by atoms with van der Waals surface area (Å²) in [5.74, 6) is 0.0365. The zero-order chi connectivity index (χ0) is 24.9. The maximum absolute atomic E-state index is 12.7. The molecule has 7 nitrogen and oxygen atoms in total. The fourth-order valence-corrected chi connectivity index (χ4v) is 4.89. The number of nitrogens with zero attached hydrogens (tertiary/aromatic N) is 2. The Kier molecular flexibility index (Phi) is 9.23. The highest BCUT2D eigenvalue weighted by molar-refractivity contribution is 7.85. The van der Waals surface area contributed by atoms with E-state index in [-0.39, 0.29) is 24.7 Å². The molecular weight excluding hydrogens is 499 g/mol. The van der Waals surface area contributed by atoms with E-state index in [1.807, 2.05) is 13.0 Å². The highest BCUT2D eigenvalue weighted by Gasteiger charge is 2.22. The molecule has 0 atom stereocenters. The summed E-state index contributed by atoms with van der Waals surface area (Å²) in [6, 6.07) is 9.14. The lowest BCUT2D eigenvalue weighted by Gasteiger charge is -2.35. The van der Waals surface area contributed by atoms with Crippen molar-refractivity contribution in [3.05, 3.63) is 62.6 Å². The number of hydrogen-bond acceptors (Lipinski definition) is 5. The molecule has 34 heavy (non-hydrogen) atoms. The first kappa shape index (κ1) is 26.8. The van der Waals surface area contributed by atoms with Crippen molar-refractivity contribution in [3.63, 3.8) is 0 Å². The van der Waals surface area contributed by atoms with E-state index in [0.29, 0.717) is 35.8 Å². The Morgan fingerprint density at radius 3 is 2.41 bits per heavy atom. The second kappa shape index (κ2) is 11.7. The molecule has 1 aliphatic heterocycles. The number of rotatable bonds is 9. The molecule has 0 spiro atoms. The highest BCUT2D eigenvalue weighted by Crippen LogP contribution is 2.25. The van der Waals surface area contributed by atoms with Crippen molar-refractivity contribution in [3.8, 4) is 5.75 Å². The predicted molar refractivity (Wildman–Crippen MR) is 134 cm³/mol. The first-order chi connectivity index (χ1) is 16.0. The minimum atomic E-state index is -4.03. The van der Waals surface area contributed by atoms with E-state index >= 15 is 0 Å². The molecule has 2 aromatic carbocycles. The molecule has 0 bridgehead atoms. The molecule has 1 N–H and O–H groups in total. The van der Waals surface area contributed by atoms with E-state index in [2.05, 4.69) is 17.9 Å². The molecule has 1 heterocycles. The number of amides is 1. The zero-order valence-corrected chi connectivity index (χ0v) is 21.7. The van der Waals surface area contributed by atoms with Crippen LogP contribution in [0.2, 0.25) is 10.0 Å². The second-order valence-corrected chi connectivity index (χ2v) is 11.0. The molecular formula is C24H30Cl2N2O5S. The molecule has 186 valence electrons. The van der Waals surface area contributed by atoms with Gasteiger partial charge < -0.3 is 9.64 Å². The van der Waals surface area contributed by atoms with Gasteiger partial charge in [0, 0.05) is 42.8 Å².